The molecule has 0 aromatic heterocycles. The number of carbonyl (C=O) groups is 1. The summed E-state index contributed by atoms with van der Waals surface area (Å²) in [6.45, 7) is 3.27. The van der Waals surface area contributed by atoms with Gasteiger partial charge in [0, 0.05) is 4.47 Å². The molecule has 6 nitrogen and oxygen atoms in total. The second-order valence-electron chi connectivity index (χ2n) is 5.17. The summed E-state index contributed by atoms with van der Waals surface area (Å²) in [5, 5.41) is 0. The SMILES string of the molecule is Cc1cccc(OCC(=O)NNS(=O)(=O)c2cc(Br)ccc2C)c1. The van der Waals surface area contributed by atoms with Crippen molar-refractivity contribution in [1.29, 1.82) is 0 Å². The second-order valence-corrected chi connectivity index (χ2v) is 7.74. The van der Waals surface area contributed by atoms with Gasteiger partial charge >= 0.3 is 0 Å². The van der Waals surface area contributed by atoms with Crippen molar-refractivity contribution < 1.29 is 17.9 Å². The highest BCUT2D eigenvalue weighted by Crippen LogP contribution is 2.20. The fraction of sp³-hybridized carbons (Fsp3) is 0.188. The summed E-state index contributed by atoms with van der Waals surface area (Å²) in [5.41, 5.74) is 3.70. The van der Waals surface area contributed by atoms with E-state index in [2.05, 4.69) is 26.2 Å². The summed E-state index contributed by atoms with van der Waals surface area (Å²) in [6, 6.07) is 12.1. The standard InChI is InChI=1S/C16H17BrN2O4S/c1-11-4-3-5-14(8-11)23-10-16(20)18-19-24(21,22)15-9-13(17)7-6-12(15)2/h3-9,19H,10H2,1-2H3,(H,18,20). The number of halogens is 1. The van der Waals surface area contributed by atoms with Crippen LogP contribution < -0.4 is 15.0 Å². The average molecular weight is 413 g/mol. The Hall–Kier alpha value is -1.90. The Morgan fingerprint density at radius 3 is 2.62 bits per heavy atom. The van der Waals surface area contributed by atoms with Gasteiger partial charge in [-0.3, -0.25) is 10.2 Å². The summed E-state index contributed by atoms with van der Waals surface area (Å²) in [7, 11) is -3.87. The molecule has 0 atom stereocenters. The number of rotatable bonds is 6. The summed E-state index contributed by atoms with van der Waals surface area (Å²) in [6.07, 6.45) is 0. The largest absolute Gasteiger partial charge is 0.484 e. The first-order valence-electron chi connectivity index (χ1n) is 7.04. The summed E-state index contributed by atoms with van der Waals surface area (Å²) < 4.78 is 30.4. The quantitative estimate of drug-likeness (QED) is 0.713. The van der Waals surface area contributed by atoms with Crippen LogP contribution in [0.25, 0.3) is 0 Å². The van der Waals surface area contributed by atoms with Crippen molar-refractivity contribution in [3.05, 3.63) is 58.1 Å². The molecule has 1 amide bonds. The van der Waals surface area contributed by atoms with Gasteiger partial charge in [-0.25, -0.2) is 8.42 Å². The van der Waals surface area contributed by atoms with Crippen LogP contribution in [0.2, 0.25) is 0 Å². The Morgan fingerprint density at radius 1 is 1.17 bits per heavy atom. The van der Waals surface area contributed by atoms with Gasteiger partial charge < -0.3 is 4.74 Å². The predicted molar refractivity (Wildman–Crippen MR) is 94.0 cm³/mol. The zero-order valence-electron chi connectivity index (χ0n) is 13.2. The molecule has 0 unspecified atom stereocenters. The highest BCUT2D eigenvalue weighted by atomic mass is 79.9. The van der Waals surface area contributed by atoms with Gasteiger partial charge in [-0.15, -0.1) is 4.83 Å². The number of hydrogen-bond donors (Lipinski definition) is 2. The van der Waals surface area contributed by atoms with Crippen LogP contribution >= 0.6 is 15.9 Å². The molecule has 0 saturated heterocycles. The van der Waals surface area contributed by atoms with Crippen molar-refractivity contribution in [3.63, 3.8) is 0 Å². The number of sulfonamides is 1. The maximum atomic E-state index is 12.2. The monoisotopic (exact) mass is 412 g/mol. The van der Waals surface area contributed by atoms with Gasteiger partial charge in [0.25, 0.3) is 15.9 Å². The van der Waals surface area contributed by atoms with Gasteiger partial charge in [0.1, 0.15) is 5.75 Å². The Labute approximate surface area is 149 Å². The van der Waals surface area contributed by atoms with E-state index in [0.717, 1.165) is 5.56 Å². The van der Waals surface area contributed by atoms with Gasteiger partial charge in [-0.1, -0.05) is 34.1 Å². The molecule has 0 bridgehead atoms. The molecule has 0 spiro atoms. The van der Waals surface area contributed by atoms with E-state index < -0.39 is 15.9 Å². The smallest absolute Gasteiger partial charge is 0.272 e. The number of carbonyl (C=O) groups excluding carboxylic acids is 1. The maximum absolute atomic E-state index is 12.2. The molecule has 0 aliphatic rings. The Kier molecular flexibility index (Phi) is 5.98. The third-order valence-corrected chi connectivity index (χ3v) is 5.01. The lowest BCUT2D eigenvalue weighted by atomic mass is 10.2. The highest BCUT2D eigenvalue weighted by Gasteiger charge is 2.18. The molecule has 2 N–H and O–H groups in total. The van der Waals surface area contributed by atoms with Crippen molar-refractivity contribution in [2.45, 2.75) is 18.7 Å². The van der Waals surface area contributed by atoms with E-state index in [-0.39, 0.29) is 11.5 Å². The van der Waals surface area contributed by atoms with Crippen LogP contribution in [-0.2, 0) is 14.8 Å². The van der Waals surface area contributed by atoms with E-state index in [4.69, 9.17) is 4.74 Å². The maximum Gasteiger partial charge on any atom is 0.272 e. The third kappa shape index (κ3) is 5.05. The van der Waals surface area contributed by atoms with Gasteiger partial charge in [-0.05, 0) is 49.2 Å². The number of hydrogen-bond acceptors (Lipinski definition) is 4. The predicted octanol–water partition coefficient (Wildman–Crippen LogP) is 2.45. The highest BCUT2D eigenvalue weighted by molar-refractivity contribution is 9.10. The molecular formula is C16H17BrN2O4S. The van der Waals surface area contributed by atoms with Crippen LogP contribution in [0.4, 0.5) is 0 Å². The lowest BCUT2D eigenvalue weighted by Gasteiger charge is -2.11. The Bertz CT molecular complexity index is 853. The molecular weight excluding hydrogens is 396 g/mol. The topological polar surface area (TPSA) is 84.5 Å². The van der Waals surface area contributed by atoms with E-state index in [9.17, 15) is 13.2 Å². The van der Waals surface area contributed by atoms with E-state index in [0.29, 0.717) is 15.8 Å². The minimum absolute atomic E-state index is 0.0803. The zero-order valence-corrected chi connectivity index (χ0v) is 15.6. The first kappa shape index (κ1) is 18.4. The van der Waals surface area contributed by atoms with Gasteiger partial charge in [0.15, 0.2) is 6.61 Å². The van der Waals surface area contributed by atoms with Crippen LogP contribution in [-0.4, -0.2) is 20.9 Å². The normalized spacial score (nSPS) is 11.1. The number of benzene rings is 2. The van der Waals surface area contributed by atoms with Crippen LogP contribution in [0.3, 0.4) is 0 Å². The minimum atomic E-state index is -3.87. The zero-order chi connectivity index (χ0) is 17.7. The molecule has 128 valence electrons. The van der Waals surface area contributed by atoms with Gasteiger partial charge in [0.05, 0.1) is 4.90 Å². The molecule has 0 aliphatic heterocycles. The number of nitrogens with one attached hydrogen (secondary N) is 2. The molecule has 0 fully saturated rings. The van der Waals surface area contributed by atoms with E-state index in [1.807, 2.05) is 13.0 Å². The molecule has 0 heterocycles. The van der Waals surface area contributed by atoms with Crippen LogP contribution in [0, 0.1) is 13.8 Å². The van der Waals surface area contributed by atoms with Crippen molar-refractivity contribution in [2.75, 3.05) is 6.61 Å². The fourth-order valence-electron chi connectivity index (χ4n) is 1.93. The van der Waals surface area contributed by atoms with E-state index in [1.165, 1.54) is 6.07 Å². The molecule has 8 heteroatoms. The minimum Gasteiger partial charge on any atom is -0.484 e. The van der Waals surface area contributed by atoms with Crippen molar-refractivity contribution in [2.24, 2.45) is 0 Å². The van der Waals surface area contributed by atoms with Gasteiger partial charge in [-0.2, -0.15) is 0 Å². The summed E-state index contributed by atoms with van der Waals surface area (Å²) >= 11 is 3.23. The molecule has 2 aromatic carbocycles. The van der Waals surface area contributed by atoms with E-state index >= 15 is 0 Å². The summed E-state index contributed by atoms with van der Waals surface area (Å²) in [4.78, 5) is 13.9. The van der Waals surface area contributed by atoms with Crippen molar-refractivity contribution in [3.8, 4) is 5.75 Å². The Balaban J connectivity index is 1.94. The second kappa shape index (κ2) is 7.78. The molecule has 0 aliphatic carbocycles. The molecule has 0 saturated carbocycles. The van der Waals surface area contributed by atoms with E-state index in [1.54, 1.807) is 37.3 Å². The fourth-order valence-corrected chi connectivity index (χ4v) is 3.58. The Morgan fingerprint density at radius 2 is 1.92 bits per heavy atom. The molecule has 2 rings (SSSR count). The molecule has 0 radical (unpaired) electrons. The number of aryl methyl sites for hydroxylation is 2. The van der Waals surface area contributed by atoms with Crippen molar-refractivity contribution in [1.82, 2.24) is 10.3 Å². The number of amides is 1. The first-order chi connectivity index (χ1) is 11.3. The third-order valence-electron chi connectivity index (χ3n) is 3.12. The molecule has 24 heavy (non-hydrogen) atoms. The summed E-state index contributed by atoms with van der Waals surface area (Å²) in [5.74, 6) is -0.0661. The lowest BCUT2D eigenvalue weighted by molar-refractivity contribution is -0.123. The van der Waals surface area contributed by atoms with Crippen molar-refractivity contribution >= 4 is 31.9 Å². The first-order valence-corrected chi connectivity index (χ1v) is 9.32. The van der Waals surface area contributed by atoms with Crippen LogP contribution in [0.5, 0.6) is 5.75 Å². The van der Waals surface area contributed by atoms with Crippen LogP contribution in [0.15, 0.2) is 51.8 Å². The lowest BCUT2D eigenvalue weighted by Crippen LogP contribution is -2.43. The average Bonchev–Trinajstić information content (AvgIpc) is 2.53. The van der Waals surface area contributed by atoms with Gasteiger partial charge in [0.2, 0.25) is 0 Å². The van der Waals surface area contributed by atoms with Crippen LogP contribution in [0.1, 0.15) is 11.1 Å². The number of ether oxygens (including phenoxy) is 1. The number of hydrazine groups is 1. The molecule has 2 aromatic rings.